The molecular formula is C11H16N4O. The topological polar surface area (TPSA) is 75.2 Å². The normalized spacial score (nSPS) is 19.7. The van der Waals surface area contributed by atoms with Crippen molar-refractivity contribution in [3.63, 3.8) is 0 Å². The fraction of sp³-hybridized carbons (Fsp3) is 0.455. The van der Waals surface area contributed by atoms with Crippen LogP contribution in [-0.4, -0.2) is 37.1 Å². The molecule has 86 valence electrons. The van der Waals surface area contributed by atoms with Crippen molar-refractivity contribution in [3.05, 3.63) is 24.0 Å². The predicted molar refractivity (Wildman–Crippen MR) is 62.9 cm³/mol. The fourth-order valence-electron chi connectivity index (χ4n) is 1.92. The van der Waals surface area contributed by atoms with Gasteiger partial charge in [-0.05, 0) is 12.5 Å². The molecule has 1 aliphatic rings. The van der Waals surface area contributed by atoms with Gasteiger partial charge in [-0.2, -0.15) is 0 Å². The molecule has 0 amide bonds. The Morgan fingerprint density at radius 1 is 1.69 bits per heavy atom. The highest BCUT2D eigenvalue weighted by atomic mass is 16.5. The number of rotatable bonds is 3. The van der Waals surface area contributed by atoms with E-state index in [1.807, 2.05) is 7.05 Å². The van der Waals surface area contributed by atoms with E-state index in [1.54, 1.807) is 18.5 Å². The number of ether oxygens (including phenoxy) is 1. The quantitative estimate of drug-likeness (QED) is 0.577. The second kappa shape index (κ2) is 4.49. The van der Waals surface area contributed by atoms with Crippen molar-refractivity contribution in [3.8, 4) is 0 Å². The van der Waals surface area contributed by atoms with Gasteiger partial charge in [-0.25, -0.2) is 0 Å². The zero-order chi connectivity index (χ0) is 11.5. The number of nitrogen functional groups attached to an aromatic ring is 1. The Kier molecular flexibility index (Phi) is 3.05. The number of hydrogen-bond donors (Lipinski definition) is 2. The highest BCUT2D eigenvalue weighted by Crippen LogP contribution is 2.22. The minimum Gasteiger partial charge on any atom is -0.384 e. The van der Waals surface area contributed by atoms with Gasteiger partial charge in [-0.3, -0.25) is 10.4 Å². The lowest BCUT2D eigenvalue weighted by Gasteiger charge is -2.26. The first-order valence-corrected chi connectivity index (χ1v) is 5.29. The Hall–Kier alpha value is -1.62. The number of anilines is 1. The molecule has 5 heteroatoms. The summed E-state index contributed by atoms with van der Waals surface area (Å²) < 4.78 is 5.35. The van der Waals surface area contributed by atoms with Gasteiger partial charge in [0.15, 0.2) is 0 Å². The Labute approximate surface area is 94.7 Å². The standard InChI is InChI=1S/C11H16N4O/c1-15(8-3-5-16-7-8)10-6-14-4-2-9(10)11(12)13/h2,4,6,8H,3,5,7H2,1H3,(H3,12,13). The van der Waals surface area contributed by atoms with Crippen molar-refractivity contribution in [2.45, 2.75) is 12.5 Å². The molecular weight excluding hydrogens is 204 g/mol. The molecule has 3 N–H and O–H groups in total. The highest BCUT2D eigenvalue weighted by Gasteiger charge is 2.22. The van der Waals surface area contributed by atoms with Crippen molar-refractivity contribution in [1.29, 1.82) is 5.41 Å². The van der Waals surface area contributed by atoms with E-state index >= 15 is 0 Å². The van der Waals surface area contributed by atoms with E-state index in [1.165, 1.54) is 0 Å². The number of hydrogen-bond acceptors (Lipinski definition) is 4. The summed E-state index contributed by atoms with van der Waals surface area (Å²) in [6, 6.07) is 2.12. The van der Waals surface area contributed by atoms with Crippen LogP contribution in [0, 0.1) is 5.41 Å². The molecule has 16 heavy (non-hydrogen) atoms. The van der Waals surface area contributed by atoms with Crippen molar-refractivity contribution >= 4 is 11.5 Å². The van der Waals surface area contributed by atoms with Gasteiger partial charge in [0.25, 0.3) is 0 Å². The van der Waals surface area contributed by atoms with Crippen LogP contribution in [0.5, 0.6) is 0 Å². The van der Waals surface area contributed by atoms with E-state index in [4.69, 9.17) is 15.9 Å². The second-order valence-corrected chi connectivity index (χ2v) is 3.93. The van der Waals surface area contributed by atoms with Crippen LogP contribution in [-0.2, 0) is 4.74 Å². The van der Waals surface area contributed by atoms with Crippen molar-refractivity contribution in [2.75, 3.05) is 25.2 Å². The predicted octanol–water partition coefficient (Wildman–Crippen LogP) is 0.591. The molecule has 0 aromatic carbocycles. The van der Waals surface area contributed by atoms with Gasteiger partial charge in [-0.15, -0.1) is 0 Å². The van der Waals surface area contributed by atoms with E-state index in [2.05, 4.69) is 9.88 Å². The summed E-state index contributed by atoms with van der Waals surface area (Å²) in [5, 5.41) is 7.53. The molecule has 1 saturated heterocycles. The average molecular weight is 220 g/mol. The Morgan fingerprint density at radius 3 is 3.12 bits per heavy atom. The van der Waals surface area contributed by atoms with Crippen LogP contribution in [0.2, 0.25) is 0 Å². The van der Waals surface area contributed by atoms with E-state index in [0.29, 0.717) is 6.04 Å². The number of nitrogens with two attached hydrogens (primary N) is 1. The monoisotopic (exact) mass is 220 g/mol. The van der Waals surface area contributed by atoms with Gasteiger partial charge >= 0.3 is 0 Å². The summed E-state index contributed by atoms with van der Waals surface area (Å²) >= 11 is 0. The number of nitrogens with one attached hydrogen (secondary N) is 1. The van der Waals surface area contributed by atoms with Crippen molar-refractivity contribution in [2.24, 2.45) is 5.73 Å². The molecule has 0 spiro atoms. The number of pyridine rings is 1. The molecule has 2 rings (SSSR count). The summed E-state index contributed by atoms with van der Waals surface area (Å²) in [6.07, 6.45) is 4.40. The lowest BCUT2D eigenvalue weighted by Crippen LogP contribution is -2.33. The minimum atomic E-state index is 0.0724. The maximum absolute atomic E-state index is 7.53. The SMILES string of the molecule is CN(c1cnccc1C(=N)N)C1CCOC1. The first-order chi connectivity index (χ1) is 7.70. The van der Waals surface area contributed by atoms with Crippen LogP contribution in [0.3, 0.4) is 0 Å². The fourth-order valence-corrected chi connectivity index (χ4v) is 1.92. The van der Waals surface area contributed by atoms with E-state index in [9.17, 15) is 0 Å². The first kappa shape index (κ1) is 10.9. The first-order valence-electron chi connectivity index (χ1n) is 5.29. The molecule has 1 fully saturated rings. The molecule has 5 nitrogen and oxygen atoms in total. The largest absolute Gasteiger partial charge is 0.384 e. The third-order valence-electron chi connectivity index (χ3n) is 2.92. The lowest BCUT2D eigenvalue weighted by molar-refractivity contribution is 0.193. The van der Waals surface area contributed by atoms with Crippen molar-refractivity contribution in [1.82, 2.24) is 4.98 Å². The van der Waals surface area contributed by atoms with Gasteiger partial charge in [0.05, 0.1) is 24.5 Å². The summed E-state index contributed by atoms with van der Waals surface area (Å²) in [5.74, 6) is 0.0724. The molecule has 0 saturated carbocycles. The van der Waals surface area contributed by atoms with E-state index in [0.717, 1.165) is 30.9 Å². The molecule has 0 aliphatic carbocycles. The summed E-state index contributed by atoms with van der Waals surface area (Å²) in [7, 11) is 1.99. The van der Waals surface area contributed by atoms with Crippen LogP contribution in [0.1, 0.15) is 12.0 Å². The molecule has 1 aromatic rings. The Balaban J connectivity index is 2.27. The summed E-state index contributed by atoms with van der Waals surface area (Å²) in [4.78, 5) is 6.18. The van der Waals surface area contributed by atoms with Crippen molar-refractivity contribution < 1.29 is 4.74 Å². The van der Waals surface area contributed by atoms with E-state index in [-0.39, 0.29) is 5.84 Å². The van der Waals surface area contributed by atoms with Gasteiger partial charge in [0.1, 0.15) is 5.84 Å². The molecule has 0 bridgehead atoms. The van der Waals surface area contributed by atoms with Gasteiger partial charge in [0.2, 0.25) is 0 Å². The number of nitrogens with zero attached hydrogens (tertiary/aromatic N) is 2. The maximum Gasteiger partial charge on any atom is 0.125 e. The lowest BCUT2D eigenvalue weighted by atomic mass is 10.1. The van der Waals surface area contributed by atoms with E-state index < -0.39 is 0 Å². The molecule has 0 radical (unpaired) electrons. The zero-order valence-electron chi connectivity index (χ0n) is 9.31. The van der Waals surface area contributed by atoms with Crippen LogP contribution in [0.25, 0.3) is 0 Å². The summed E-state index contributed by atoms with van der Waals surface area (Å²) in [6.45, 7) is 1.52. The van der Waals surface area contributed by atoms with Gasteiger partial charge in [-0.1, -0.05) is 0 Å². The average Bonchev–Trinajstić information content (AvgIpc) is 2.81. The number of aromatic nitrogens is 1. The van der Waals surface area contributed by atoms with Crippen LogP contribution >= 0.6 is 0 Å². The molecule has 1 aromatic heterocycles. The minimum absolute atomic E-state index is 0.0724. The van der Waals surface area contributed by atoms with Crippen LogP contribution in [0.15, 0.2) is 18.5 Å². The number of amidine groups is 1. The molecule has 1 aliphatic heterocycles. The third-order valence-corrected chi connectivity index (χ3v) is 2.92. The van der Waals surface area contributed by atoms with Crippen LogP contribution in [0.4, 0.5) is 5.69 Å². The van der Waals surface area contributed by atoms with Gasteiger partial charge in [0, 0.05) is 25.4 Å². The Bertz CT molecular complexity index is 387. The molecule has 1 unspecified atom stereocenters. The Morgan fingerprint density at radius 2 is 2.50 bits per heavy atom. The third kappa shape index (κ3) is 1.99. The second-order valence-electron chi connectivity index (χ2n) is 3.93. The molecule has 2 heterocycles. The highest BCUT2D eigenvalue weighted by molar-refractivity contribution is 6.00. The zero-order valence-corrected chi connectivity index (χ0v) is 9.31. The molecule has 1 atom stereocenters. The number of likely N-dealkylation sites (N-methyl/N-ethyl adjacent to an activating group) is 1. The maximum atomic E-state index is 7.53. The smallest absolute Gasteiger partial charge is 0.125 e. The van der Waals surface area contributed by atoms with Crippen LogP contribution < -0.4 is 10.6 Å². The summed E-state index contributed by atoms with van der Waals surface area (Å²) in [5.41, 5.74) is 7.17. The van der Waals surface area contributed by atoms with Gasteiger partial charge < -0.3 is 15.4 Å².